The third-order valence-electron chi connectivity index (χ3n) is 7.24. The van der Waals surface area contributed by atoms with Crippen LogP contribution in [0.2, 0.25) is 0 Å². The van der Waals surface area contributed by atoms with Gasteiger partial charge < -0.3 is 15.3 Å². The molecular weight excluding hydrogens is 528 g/mol. The van der Waals surface area contributed by atoms with Gasteiger partial charge in [-0.25, -0.2) is 0 Å². The minimum atomic E-state index is -1.15. The average Bonchev–Trinajstić information content (AvgIpc) is 2.88. The van der Waals surface area contributed by atoms with Crippen LogP contribution in [-0.2, 0) is 0 Å². The Morgan fingerprint density at radius 2 is 1.12 bits per heavy atom. The van der Waals surface area contributed by atoms with E-state index in [2.05, 4.69) is 102 Å². The third-order valence-corrected chi connectivity index (χ3v) is 7.24. The van der Waals surface area contributed by atoms with Crippen molar-refractivity contribution in [2.24, 2.45) is 5.41 Å². The summed E-state index contributed by atoms with van der Waals surface area (Å²) in [5.41, 5.74) is 7.10. The molecule has 0 radical (unpaired) electrons. The molecule has 0 amide bonds. The standard InChI is InChI=1S/C40H56O3/c1-30(18-13-20-32(3)21-15-23-34(5)25-27-38(42)40(9,10)43)16-11-12-17-31(2)19-14-22-33(4)24-26-37-35(6)28-36(41)29-39(37,7)8/h11-27,36,38,41-43H,28-29H2,1-10H3/t36-,38+/m1/s1. The van der Waals surface area contributed by atoms with Gasteiger partial charge in [0.2, 0.25) is 0 Å². The van der Waals surface area contributed by atoms with Crippen molar-refractivity contribution in [1.29, 1.82) is 0 Å². The molecule has 2 atom stereocenters. The molecule has 0 heterocycles. The SMILES string of the molecule is CC(C=CC=C(C)C=CC=C(C)C=C[C@H](O)C(C)(C)O)=CC=CC=C(C)C=CC=C(C)C=CC1=C(C)C[C@@H](O)CC1(C)C. The zero-order chi connectivity index (χ0) is 32.6. The van der Waals surface area contributed by atoms with E-state index in [-0.39, 0.29) is 11.5 Å². The van der Waals surface area contributed by atoms with Crippen LogP contribution < -0.4 is 0 Å². The first-order valence-electron chi connectivity index (χ1n) is 15.2. The molecule has 3 heteroatoms. The largest absolute Gasteiger partial charge is 0.393 e. The van der Waals surface area contributed by atoms with Crippen molar-refractivity contribution in [1.82, 2.24) is 0 Å². The molecule has 1 aliphatic rings. The van der Waals surface area contributed by atoms with E-state index in [4.69, 9.17) is 0 Å². The highest BCUT2D eigenvalue weighted by Gasteiger charge is 2.31. The van der Waals surface area contributed by atoms with Crippen molar-refractivity contribution in [3.05, 3.63) is 142 Å². The Labute approximate surface area is 262 Å². The van der Waals surface area contributed by atoms with Crippen molar-refractivity contribution in [2.45, 2.75) is 99.9 Å². The van der Waals surface area contributed by atoms with Crippen molar-refractivity contribution >= 4 is 0 Å². The zero-order valence-electron chi connectivity index (χ0n) is 28.2. The second-order valence-corrected chi connectivity index (χ2v) is 12.9. The predicted molar refractivity (Wildman–Crippen MR) is 188 cm³/mol. The molecule has 0 unspecified atom stereocenters. The van der Waals surface area contributed by atoms with Gasteiger partial charge in [-0.05, 0) is 79.2 Å². The van der Waals surface area contributed by atoms with Gasteiger partial charge in [-0.1, -0.05) is 151 Å². The molecule has 0 bridgehead atoms. The van der Waals surface area contributed by atoms with E-state index in [1.807, 2.05) is 50.3 Å². The van der Waals surface area contributed by atoms with Crippen LogP contribution in [0.15, 0.2) is 142 Å². The molecule has 3 N–H and O–H groups in total. The topological polar surface area (TPSA) is 60.7 Å². The minimum Gasteiger partial charge on any atom is -0.393 e. The average molecular weight is 585 g/mol. The predicted octanol–water partition coefficient (Wildman–Crippen LogP) is 9.68. The van der Waals surface area contributed by atoms with Crippen molar-refractivity contribution in [3.63, 3.8) is 0 Å². The normalized spacial score (nSPS) is 21.3. The highest BCUT2D eigenvalue weighted by atomic mass is 16.3. The van der Waals surface area contributed by atoms with E-state index in [1.165, 1.54) is 22.3 Å². The van der Waals surface area contributed by atoms with Gasteiger partial charge in [0.25, 0.3) is 0 Å². The molecule has 0 aliphatic heterocycles. The maximum Gasteiger partial charge on any atom is 0.101 e. The van der Waals surface area contributed by atoms with Gasteiger partial charge in [0.1, 0.15) is 6.10 Å². The molecule has 0 aromatic carbocycles. The van der Waals surface area contributed by atoms with Crippen LogP contribution in [0.25, 0.3) is 0 Å². The number of allylic oxidation sites excluding steroid dienone is 22. The first kappa shape index (κ1) is 37.8. The quantitative estimate of drug-likeness (QED) is 0.189. The fourth-order valence-corrected chi connectivity index (χ4v) is 4.62. The van der Waals surface area contributed by atoms with Crippen molar-refractivity contribution in [3.8, 4) is 0 Å². The Bertz CT molecular complexity index is 1290. The summed E-state index contributed by atoms with van der Waals surface area (Å²) in [6.07, 6.45) is 35.0. The van der Waals surface area contributed by atoms with E-state index in [9.17, 15) is 15.3 Å². The lowest BCUT2D eigenvalue weighted by molar-refractivity contribution is -0.0226. The fourth-order valence-electron chi connectivity index (χ4n) is 4.62. The van der Waals surface area contributed by atoms with E-state index in [0.29, 0.717) is 0 Å². The van der Waals surface area contributed by atoms with Crippen LogP contribution in [0.5, 0.6) is 0 Å². The van der Waals surface area contributed by atoms with Crippen LogP contribution in [-0.4, -0.2) is 33.1 Å². The van der Waals surface area contributed by atoms with Crippen LogP contribution in [0.3, 0.4) is 0 Å². The third kappa shape index (κ3) is 16.3. The van der Waals surface area contributed by atoms with Gasteiger partial charge in [-0.15, -0.1) is 0 Å². The molecule has 3 nitrogen and oxygen atoms in total. The molecule has 234 valence electrons. The van der Waals surface area contributed by atoms with Gasteiger partial charge in [0, 0.05) is 0 Å². The van der Waals surface area contributed by atoms with Crippen molar-refractivity contribution in [2.75, 3.05) is 0 Å². The summed E-state index contributed by atoms with van der Waals surface area (Å²) in [6.45, 7) is 20.0. The van der Waals surface area contributed by atoms with Gasteiger partial charge in [-0.3, -0.25) is 0 Å². The van der Waals surface area contributed by atoms with Crippen LogP contribution in [0.1, 0.15) is 82.1 Å². The summed E-state index contributed by atoms with van der Waals surface area (Å²) < 4.78 is 0. The molecule has 0 aromatic rings. The Balaban J connectivity index is 2.63. The fraction of sp³-hybridized carbons (Fsp3) is 0.400. The Hall–Kier alpha value is -3.24. The number of aliphatic hydroxyl groups excluding tert-OH is 2. The first-order chi connectivity index (χ1) is 20.0. The lowest BCUT2D eigenvalue weighted by atomic mass is 9.71. The molecule has 0 fully saturated rings. The molecule has 0 spiro atoms. The van der Waals surface area contributed by atoms with E-state index in [1.54, 1.807) is 19.9 Å². The second kappa shape index (κ2) is 18.4. The molecule has 1 rings (SSSR count). The summed E-state index contributed by atoms with van der Waals surface area (Å²) in [7, 11) is 0. The van der Waals surface area contributed by atoms with E-state index >= 15 is 0 Å². The highest BCUT2D eigenvalue weighted by Crippen LogP contribution is 2.41. The Kier molecular flexibility index (Phi) is 16.2. The summed E-state index contributed by atoms with van der Waals surface area (Å²) in [6, 6.07) is 0. The first-order valence-corrected chi connectivity index (χ1v) is 15.2. The maximum atomic E-state index is 10.1. The van der Waals surface area contributed by atoms with E-state index < -0.39 is 11.7 Å². The summed E-state index contributed by atoms with van der Waals surface area (Å²) in [5.74, 6) is 0. The lowest BCUT2D eigenvalue weighted by Gasteiger charge is -2.35. The summed E-state index contributed by atoms with van der Waals surface area (Å²) in [4.78, 5) is 0. The van der Waals surface area contributed by atoms with Gasteiger partial charge in [-0.2, -0.15) is 0 Å². The zero-order valence-corrected chi connectivity index (χ0v) is 28.2. The van der Waals surface area contributed by atoms with Gasteiger partial charge >= 0.3 is 0 Å². The minimum absolute atomic E-state index is 0.00222. The highest BCUT2D eigenvalue weighted by molar-refractivity contribution is 5.38. The van der Waals surface area contributed by atoms with Crippen LogP contribution in [0, 0.1) is 5.41 Å². The van der Waals surface area contributed by atoms with Crippen LogP contribution >= 0.6 is 0 Å². The molecule has 43 heavy (non-hydrogen) atoms. The van der Waals surface area contributed by atoms with E-state index in [0.717, 1.165) is 29.6 Å². The molecular formula is C40H56O3. The summed E-state index contributed by atoms with van der Waals surface area (Å²) in [5, 5.41) is 29.8. The number of rotatable bonds is 13. The maximum absolute atomic E-state index is 10.1. The summed E-state index contributed by atoms with van der Waals surface area (Å²) >= 11 is 0. The number of hydrogen-bond acceptors (Lipinski definition) is 3. The number of aliphatic hydroxyl groups is 3. The Morgan fingerprint density at radius 3 is 1.53 bits per heavy atom. The Morgan fingerprint density at radius 1 is 0.721 bits per heavy atom. The lowest BCUT2D eigenvalue weighted by Crippen LogP contribution is -2.34. The van der Waals surface area contributed by atoms with Crippen molar-refractivity contribution < 1.29 is 15.3 Å². The number of hydrogen-bond donors (Lipinski definition) is 3. The van der Waals surface area contributed by atoms with Crippen LogP contribution in [0.4, 0.5) is 0 Å². The van der Waals surface area contributed by atoms with Gasteiger partial charge in [0.15, 0.2) is 0 Å². The van der Waals surface area contributed by atoms with Gasteiger partial charge in [0.05, 0.1) is 11.7 Å². The monoisotopic (exact) mass is 584 g/mol. The second-order valence-electron chi connectivity index (χ2n) is 12.9. The molecule has 1 aliphatic carbocycles. The molecule has 0 saturated carbocycles. The molecule has 0 aromatic heterocycles. The molecule has 0 saturated heterocycles. The smallest absolute Gasteiger partial charge is 0.101 e.